The number of thiophene rings is 1. The first kappa shape index (κ1) is 11.4. The van der Waals surface area contributed by atoms with Crippen LogP contribution in [0.1, 0.15) is 24.2 Å². The highest BCUT2D eigenvalue weighted by molar-refractivity contribution is 7.17. The Morgan fingerprint density at radius 1 is 1.39 bits per heavy atom. The predicted molar refractivity (Wildman–Crippen MR) is 73.6 cm³/mol. The van der Waals surface area contributed by atoms with E-state index in [-0.39, 0.29) is 6.04 Å². The van der Waals surface area contributed by atoms with Gasteiger partial charge in [0.2, 0.25) is 0 Å². The first-order chi connectivity index (χ1) is 8.81. The molecule has 3 aromatic rings. The maximum absolute atomic E-state index is 6.35. The van der Waals surface area contributed by atoms with Gasteiger partial charge in [-0.1, -0.05) is 23.4 Å². The van der Waals surface area contributed by atoms with Crippen molar-refractivity contribution in [2.24, 2.45) is 5.73 Å². The molecule has 0 aliphatic carbocycles. The maximum Gasteiger partial charge on any atom is 0.0800 e. The molecule has 92 valence electrons. The number of hydrogen-bond donors (Lipinski definition) is 1. The summed E-state index contributed by atoms with van der Waals surface area (Å²) < 4.78 is 3.11. The minimum atomic E-state index is -0.170. The summed E-state index contributed by atoms with van der Waals surface area (Å²) in [5.41, 5.74) is 8.46. The number of aryl methyl sites for hydroxylation is 1. The van der Waals surface area contributed by atoms with Gasteiger partial charge >= 0.3 is 0 Å². The fraction of sp³-hybridized carbons (Fsp3) is 0.231. The normalized spacial score (nSPS) is 13.0. The van der Waals surface area contributed by atoms with Crippen molar-refractivity contribution in [2.75, 3.05) is 0 Å². The van der Waals surface area contributed by atoms with Gasteiger partial charge in [-0.2, -0.15) is 0 Å². The number of nitrogens with zero attached hydrogens (tertiary/aromatic N) is 3. The molecule has 0 aliphatic rings. The highest BCUT2D eigenvalue weighted by Gasteiger charge is 2.17. The van der Waals surface area contributed by atoms with Gasteiger partial charge < -0.3 is 5.73 Å². The van der Waals surface area contributed by atoms with Gasteiger partial charge in [-0.15, -0.1) is 16.4 Å². The van der Waals surface area contributed by atoms with Crippen molar-refractivity contribution >= 4 is 21.4 Å². The number of fused-ring (bicyclic) bond motifs is 1. The lowest BCUT2D eigenvalue weighted by molar-refractivity contribution is 0.582. The van der Waals surface area contributed by atoms with Crippen LogP contribution in [-0.4, -0.2) is 15.0 Å². The van der Waals surface area contributed by atoms with Crippen molar-refractivity contribution in [3.8, 4) is 0 Å². The SMILES string of the molecule is CCn1nncc1C(N)c1csc2ccccc12. The van der Waals surface area contributed by atoms with Crippen molar-refractivity contribution in [3.63, 3.8) is 0 Å². The van der Waals surface area contributed by atoms with Crippen molar-refractivity contribution in [2.45, 2.75) is 19.5 Å². The number of hydrogen-bond acceptors (Lipinski definition) is 4. The molecule has 2 N–H and O–H groups in total. The van der Waals surface area contributed by atoms with E-state index in [4.69, 9.17) is 5.73 Å². The fourth-order valence-corrected chi connectivity index (χ4v) is 3.15. The number of rotatable bonds is 3. The number of nitrogens with two attached hydrogens (primary N) is 1. The van der Waals surface area contributed by atoms with Crippen molar-refractivity contribution in [1.82, 2.24) is 15.0 Å². The molecule has 0 fully saturated rings. The first-order valence-corrected chi connectivity index (χ1v) is 6.79. The summed E-state index contributed by atoms with van der Waals surface area (Å²) in [6.45, 7) is 2.82. The molecular weight excluding hydrogens is 244 g/mol. The van der Waals surface area contributed by atoms with E-state index in [0.29, 0.717) is 0 Å². The largest absolute Gasteiger partial charge is 0.319 e. The molecule has 18 heavy (non-hydrogen) atoms. The summed E-state index contributed by atoms with van der Waals surface area (Å²) in [6, 6.07) is 8.15. The summed E-state index contributed by atoms with van der Waals surface area (Å²) in [5.74, 6) is 0. The zero-order valence-electron chi connectivity index (χ0n) is 10.1. The van der Waals surface area contributed by atoms with E-state index >= 15 is 0 Å². The molecule has 2 aromatic heterocycles. The van der Waals surface area contributed by atoms with E-state index in [1.165, 1.54) is 10.1 Å². The second-order valence-corrected chi connectivity index (χ2v) is 5.05. The van der Waals surface area contributed by atoms with Crippen LogP contribution in [0, 0.1) is 0 Å². The molecule has 4 nitrogen and oxygen atoms in total. The summed E-state index contributed by atoms with van der Waals surface area (Å²) in [5, 5.41) is 11.3. The average molecular weight is 258 g/mol. The second kappa shape index (κ2) is 4.51. The number of aromatic nitrogens is 3. The quantitative estimate of drug-likeness (QED) is 0.785. The van der Waals surface area contributed by atoms with E-state index in [2.05, 4.69) is 27.8 Å². The lowest BCUT2D eigenvalue weighted by Gasteiger charge is -2.11. The Balaban J connectivity index is 2.09. The standard InChI is InChI=1S/C13H14N4S/c1-2-17-11(7-15-16-17)13(14)10-8-18-12-6-4-3-5-9(10)12/h3-8,13H,2,14H2,1H3. The van der Waals surface area contributed by atoms with E-state index in [0.717, 1.165) is 17.8 Å². The van der Waals surface area contributed by atoms with Gasteiger partial charge in [0.25, 0.3) is 0 Å². The third kappa shape index (κ3) is 1.72. The molecule has 1 atom stereocenters. The molecule has 0 bridgehead atoms. The topological polar surface area (TPSA) is 56.7 Å². The third-order valence-electron chi connectivity index (χ3n) is 3.11. The van der Waals surface area contributed by atoms with Crippen LogP contribution in [0.25, 0.3) is 10.1 Å². The van der Waals surface area contributed by atoms with E-state index in [1.54, 1.807) is 17.5 Å². The summed E-state index contributed by atoms with van der Waals surface area (Å²) in [7, 11) is 0. The van der Waals surface area contributed by atoms with Crippen LogP contribution in [-0.2, 0) is 6.54 Å². The molecular formula is C13H14N4S. The molecule has 1 unspecified atom stereocenters. The first-order valence-electron chi connectivity index (χ1n) is 5.91. The van der Waals surface area contributed by atoms with Crippen LogP contribution in [0.3, 0.4) is 0 Å². The minimum absolute atomic E-state index is 0.170. The van der Waals surface area contributed by atoms with E-state index in [9.17, 15) is 0 Å². The molecule has 0 radical (unpaired) electrons. The lowest BCUT2D eigenvalue weighted by atomic mass is 10.0. The maximum atomic E-state index is 6.35. The molecule has 3 rings (SSSR count). The van der Waals surface area contributed by atoms with Gasteiger partial charge in [0.1, 0.15) is 0 Å². The smallest absolute Gasteiger partial charge is 0.0800 e. The van der Waals surface area contributed by atoms with Gasteiger partial charge in [-0.05, 0) is 29.3 Å². The molecule has 0 saturated heterocycles. The van der Waals surface area contributed by atoms with Crippen LogP contribution in [0.5, 0.6) is 0 Å². The average Bonchev–Trinajstić information content (AvgIpc) is 3.04. The zero-order chi connectivity index (χ0) is 12.5. The van der Waals surface area contributed by atoms with Crippen molar-refractivity contribution in [1.29, 1.82) is 0 Å². The molecule has 0 aliphatic heterocycles. The predicted octanol–water partition coefficient (Wildman–Crippen LogP) is 2.56. The highest BCUT2D eigenvalue weighted by Crippen LogP contribution is 2.31. The molecule has 0 spiro atoms. The highest BCUT2D eigenvalue weighted by atomic mass is 32.1. The summed E-state index contributed by atoms with van der Waals surface area (Å²) >= 11 is 1.72. The summed E-state index contributed by atoms with van der Waals surface area (Å²) in [6.07, 6.45) is 1.75. The molecule has 5 heteroatoms. The van der Waals surface area contributed by atoms with Gasteiger partial charge in [0, 0.05) is 11.2 Å². The van der Waals surface area contributed by atoms with Gasteiger partial charge in [-0.3, -0.25) is 0 Å². The van der Waals surface area contributed by atoms with Crippen LogP contribution in [0.2, 0.25) is 0 Å². The van der Waals surface area contributed by atoms with E-state index < -0.39 is 0 Å². The Morgan fingerprint density at radius 2 is 2.22 bits per heavy atom. The molecule has 1 aromatic carbocycles. The Kier molecular flexibility index (Phi) is 2.85. The Morgan fingerprint density at radius 3 is 3.06 bits per heavy atom. The Bertz CT molecular complexity index is 670. The Hall–Kier alpha value is -1.72. The van der Waals surface area contributed by atoms with Crippen LogP contribution < -0.4 is 5.73 Å². The zero-order valence-corrected chi connectivity index (χ0v) is 10.9. The lowest BCUT2D eigenvalue weighted by Crippen LogP contribution is -2.16. The minimum Gasteiger partial charge on any atom is -0.319 e. The summed E-state index contributed by atoms with van der Waals surface area (Å²) in [4.78, 5) is 0. The van der Waals surface area contributed by atoms with Crippen LogP contribution >= 0.6 is 11.3 Å². The fourth-order valence-electron chi connectivity index (χ4n) is 2.15. The van der Waals surface area contributed by atoms with Crippen molar-refractivity contribution in [3.05, 3.63) is 47.1 Å². The van der Waals surface area contributed by atoms with Gasteiger partial charge in [-0.25, -0.2) is 4.68 Å². The van der Waals surface area contributed by atoms with Crippen LogP contribution in [0.15, 0.2) is 35.8 Å². The monoisotopic (exact) mass is 258 g/mol. The number of benzene rings is 1. The van der Waals surface area contributed by atoms with E-state index in [1.807, 2.05) is 23.7 Å². The molecule has 0 saturated carbocycles. The molecule has 2 heterocycles. The third-order valence-corrected chi connectivity index (χ3v) is 4.09. The van der Waals surface area contributed by atoms with Gasteiger partial charge in [0.05, 0.1) is 17.9 Å². The van der Waals surface area contributed by atoms with Crippen LogP contribution in [0.4, 0.5) is 0 Å². The molecule has 0 amide bonds. The van der Waals surface area contributed by atoms with Crippen molar-refractivity contribution < 1.29 is 0 Å². The van der Waals surface area contributed by atoms with Gasteiger partial charge in [0.15, 0.2) is 0 Å². The Labute approximate surface area is 109 Å². The second-order valence-electron chi connectivity index (χ2n) is 4.14.